The number of nitrogens with one attached hydrogen (secondary N) is 1. The standard InChI is InChI=1S/C12H17ClN2/c13-9-3-1-5-11(7-9)15-12-6-2-4-10(14)8-12/h1,3,5,7,10,12,15H,2,4,6,8,14H2. The van der Waals surface area contributed by atoms with Crippen LogP contribution < -0.4 is 11.1 Å². The van der Waals surface area contributed by atoms with Crippen molar-refractivity contribution in [2.24, 2.45) is 5.73 Å². The van der Waals surface area contributed by atoms with Crippen molar-refractivity contribution in [1.29, 1.82) is 0 Å². The zero-order valence-electron chi connectivity index (χ0n) is 8.75. The molecule has 0 bridgehead atoms. The summed E-state index contributed by atoms with van der Waals surface area (Å²) in [7, 11) is 0. The van der Waals surface area contributed by atoms with Crippen molar-refractivity contribution in [2.45, 2.75) is 37.8 Å². The quantitative estimate of drug-likeness (QED) is 0.811. The van der Waals surface area contributed by atoms with Gasteiger partial charge in [0.1, 0.15) is 0 Å². The van der Waals surface area contributed by atoms with Crippen molar-refractivity contribution in [3.8, 4) is 0 Å². The number of benzene rings is 1. The van der Waals surface area contributed by atoms with E-state index >= 15 is 0 Å². The molecule has 0 heterocycles. The smallest absolute Gasteiger partial charge is 0.0426 e. The molecule has 1 aromatic rings. The van der Waals surface area contributed by atoms with Gasteiger partial charge in [-0.05, 0) is 43.9 Å². The minimum absolute atomic E-state index is 0.357. The fraction of sp³-hybridized carbons (Fsp3) is 0.500. The van der Waals surface area contributed by atoms with Crippen LogP contribution in [0.5, 0.6) is 0 Å². The fourth-order valence-corrected chi connectivity index (χ4v) is 2.36. The van der Waals surface area contributed by atoms with Gasteiger partial charge in [0.05, 0.1) is 0 Å². The van der Waals surface area contributed by atoms with Gasteiger partial charge in [-0.1, -0.05) is 17.7 Å². The van der Waals surface area contributed by atoms with E-state index in [0.29, 0.717) is 12.1 Å². The van der Waals surface area contributed by atoms with Crippen LogP contribution in [0.2, 0.25) is 5.02 Å². The summed E-state index contributed by atoms with van der Waals surface area (Å²) in [5.74, 6) is 0. The van der Waals surface area contributed by atoms with E-state index in [1.807, 2.05) is 24.3 Å². The van der Waals surface area contributed by atoms with Gasteiger partial charge in [-0.2, -0.15) is 0 Å². The number of anilines is 1. The lowest BCUT2D eigenvalue weighted by atomic mass is 9.91. The Morgan fingerprint density at radius 2 is 2.20 bits per heavy atom. The summed E-state index contributed by atoms with van der Waals surface area (Å²) < 4.78 is 0. The Morgan fingerprint density at radius 1 is 1.33 bits per heavy atom. The second kappa shape index (κ2) is 4.86. The normalized spacial score (nSPS) is 26.3. The van der Waals surface area contributed by atoms with Gasteiger partial charge in [0.15, 0.2) is 0 Å². The van der Waals surface area contributed by atoms with Crippen LogP contribution in [0, 0.1) is 0 Å². The third kappa shape index (κ3) is 3.11. The first-order valence-corrected chi connectivity index (χ1v) is 5.89. The summed E-state index contributed by atoms with van der Waals surface area (Å²) in [5, 5.41) is 4.27. The van der Waals surface area contributed by atoms with Crippen molar-refractivity contribution < 1.29 is 0 Å². The molecule has 2 unspecified atom stereocenters. The molecule has 2 nitrogen and oxygen atoms in total. The van der Waals surface area contributed by atoms with Crippen LogP contribution in [0.4, 0.5) is 5.69 Å². The first-order chi connectivity index (χ1) is 7.24. The largest absolute Gasteiger partial charge is 0.382 e. The maximum absolute atomic E-state index is 5.94. The summed E-state index contributed by atoms with van der Waals surface area (Å²) in [4.78, 5) is 0. The lowest BCUT2D eigenvalue weighted by Crippen LogP contribution is -2.34. The SMILES string of the molecule is NC1CCCC(Nc2cccc(Cl)c2)C1. The Kier molecular flexibility index (Phi) is 3.49. The van der Waals surface area contributed by atoms with E-state index in [9.17, 15) is 0 Å². The summed E-state index contributed by atoms with van der Waals surface area (Å²) in [6.07, 6.45) is 4.65. The van der Waals surface area contributed by atoms with Gasteiger partial charge in [-0.15, -0.1) is 0 Å². The van der Waals surface area contributed by atoms with E-state index in [0.717, 1.165) is 23.6 Å². The van der Waals surface area contributed by atoms with Crippen LogP contribution in [0.3, 0.4) is 0 Å². The molecule has 0 spiro atoms. The average molecular weight is 225 g/mol. The molecule has 1 aliphatic carbocycles. The van der Waals surface area contributed by atoms with Crippen molar-refractivity contribution in [3.05, 3.63) is 29.3 Å². The highest BCUT2D eigenvalue weighted by Gasteiger charge is 2.18. The zero-order chi connectivity index (χ0) is 10.7. The molecule has 1 aromatic carbocycles. The second-order valence-corrected chi connectivity index (χ2v) is 4.71. The van der Waals surface area contributed by atoms with Gasteiger partial charge < -0.3 is 11.1 Å². The van der Waals surface area contributed by atoms with E-state index in [-0.39, 0.29) is 0 Å². The molecule has 0 aliphatic heterocycles. The zero-order valence-corrected chi connectivity index (χ0v) is 9.50. The average Bonchev–Trinajstić information content (AvgIpc) is 2.17. The van der Waals surface area contributed by atoms with Gasteiger partial charge in [0.2, 0.25) is 0 Å². The van der Waals surface area contributed by atoms with Gasteiger partial charge in [0, 0.05) is 22.8 Å². The second-order valence-electron chi connectivity index (χ2n) is 4.28. The van der Waals surface area contributed by atoms with Crippen LogP contribution in [-0.4, -0.2) is 12.1 Å². The molecular formula is C12H17ClN2. The Labute approximate surface area is 95.8 Å². The number of hydrogen-bond acceptors (Lipinski definition) is 2. The van der Waals surface area contributed by atoms with Gasteiger partial charge >= 0.3 is 0 Å². The van der Waals surface area contributed by atoms with Crippen molar-refractivity contribution >= 4 is 17.3 Å². The Morgan fingerprint density at radius 3 is 2.93 bits per heavy atom. The minimum Gasteiger partial charge on any atom is -0.382 e. The summed E-state index contributed by atoms with van der Waals surface area (Å²) in [6, 6.07) is 8.73. The molecule has 2 rings (SSSR count). The third-order valence-electron chi connectivity index (χ3n) is 2.91. The monoisotopic (exact) mass is 224 g/mol. The van der Waals surface area contributed by atoms with Crippen molar-refractivity contribution in [1.82, 2.24) is 0 Å². The molecule has 15 heavy (non-hydrogen) atoms. The van der Waals surface area contributed by atoms with Crippen LogP contribution in [0.15, 0.2) is 24.3 Å². The Bertz CT molecular complexity index is 327. The van der Waals surface area contributed by atoms with Crippen LogP contribution >= 0.6 is 11.6 Å². The third-order valence-corrected chi connectivity index (χ3v) is 3.15. The summed E-state index contributed by atoms with van der Waals surface area (Å²) >= 11 is 5.93. The highest BCUT2D eigenvalue weighted by atomic mass is 35.5. The fourth-order valence-electron chi connectivity index (χ4n) is 2.17. The predicted octanol–water partition coefficient (Wildman–Crippen LogP) is 3.02. The van der Waals surface area contributed by atoms with E-state index in [1.54, 1.807) is 0 Å². The topological polar surface area (TPSA) is 38.0 Å². The summed E-state index contributed by atoms with van der Waals surface area (Å²) in [5.41, 5.74) is 7.04. The molecule has 82 valence electrons. The highest BCUT2D eigenvalue weighted by Crippen LogP contribution is 2.22. The maximum Gasteiger partial charge on any atom is 0.0426 e. The van der Waals surface area contributed by atoms with E-state index in [4.69, 9.17) is 17.3 Å². The first-order valence-electron chi connectivity index (χ1n) is 5.52. The van der Waals surface area contributed by atoms with Gasteiger partial charge in [-0.3, -0.25) is 0 Å². The van der Waals surface area contributed by atoms with Crippen LogP contribution in [0.1, 0.15) is 25.7 Å². The summed E-state index contributed by atoms with van der Waals surface area (Å²) in [6.45, 7) is 0. The molecule has 1 saturated carbocycles. The Hall–Kier alpha value is -0.730. The van der Waals surface area contributed by atoms with Crippen LogP contribution in [-0.2, 0) is 0 Å². The van der Waals surface area contributed by atoms with E-state index in [1.165, 1.54) is 12.8 Å². The lowest BCUT2D eigenvalue weighted by molar-refractivity contribution is 0.409. The number of hydrogen-bond donors (Lipinski definition) is 2. The number of rotatable bonds is 2. The first kappa shape index (κ1) is 10.8. The number of halogens is 1. The molecule has 3 N–H and O–H groups in total. The molecule has 2 atom stereocenters. The van der Waals surface area contributed by atoms with E-state index < -0.39 is 0 Å². The lowest BCUT2D eigenvalue weighted by Gasteiger charge is -2.28. The molecule has 0 aromatic heterocycles. The van der Waals surface area contributed by atoms with Crippen molar-refractivity contribution in [2.75, 3.05) is 5.32 Å². The molecule has 0 radical (unpaired) electrons. The van der Waals surface area contributed by atoms with E-state index in [2.05, 4.69) is 5.32 Å². The van der Waals surface area contributed by atoms with Crippen LogP contribution in [0.25, 0.3) is 0 Å². The minimum atomic E-state index is 0.357. The molecule has 1 aliphatic rings. The molecule has 3 heteroatoms. The maximum atomic E-state index is 5.94. The molecule has 1 fully saturated rings. The van der Waals surface area contributed by atoms with Gasteiger partial charge in [-0.25, -0.2) is 0 Å². The highest BCUT2D eigenvalue weighted by molar-refractivity contribution is 6.30. The molecular weight excluding hydrogens is 208 g/mol. The molecule has 0 saturated heterocycles. The van der Waals surface area contributed by atoms with Crippen molar-refractivity contribution in [3.63, 3.8) is 0 Å². The van der Waals surface area contributed by atoms with Gasteiger partial charge in [0.25, 0.3) is 0 Å². The Balaban J connectivity index is 1.96. The number of nitrogens with two attached hydrogens (primary N) is 1. The molecule has 0 amide bonds. The predicted molar refractivity (Wildman–Crippen MR) is 65.3 cm³/mol.